The van der Waals surface area contributed by atoms with Crippen molar-refractivity contribution >= 4 is 11.3 Å². The van der Waals surface area contributed by atoms with Crippen molar-refractivity contribution in [3.63, 3.8) is 0 Å². The van der Waals surface area contributed by atoms with Crippen LogP contribution in [0.1, 0.15) is 17.7 Å². The molecule has 78 valence electrons. The molecule has 1 aliphatic heterocycles. The molecular weight excluding hydrogens is 194 g/mol. The molecule has 1 aliphatic rings. The maximum absolute atomic E-state index is 9.25. The number of rotatable bonds is 3. The third-order valence-electron chi connectivity index (χ3n) is 2.96. The van der Waals surface area contributed by atoms with Crippen molar-refractivity contribution < 1.29 is 5.11 Å². The van der Waals surface area contributed by atoms with Crippen LogP contribution in [-0.4, -0.2) is 24.3 Å². The Balaban J connectivity index is 1.94. The summed E-state index contributed by atoms with van der Waals surface area (Å²) >= 11 is 1.81. The second-order valence-electron chi connectivity index (χ2n) is 3.93. The van der Waals surface area contributed by atoms with Crippen LogP contribution in [0.4, 0.5) is 0 Å². The lowest BCUT2D eigenvalue weighted by Crippen LogP contribution is -2.44. The van der Waals surface area contributed by atoms with Gasteiger partial charge < -0.3 is 10.4 Å². The zero-order valence-electron chi connectivity index (χ0n) is 8.28. The molecule has 2 N–H and O–H groups in total. The van der Waals surface area contributed by atoms with Gasteiger partial charge in [0, 0.05) is 17.5 Å². The van der Waals surface area contributed by atoms with Crippen LogP contribution in [-0.2, 0) is 6.42 Å². The Morgan fingerprint density at radius 2 is 2.50 bits per heavy atom. The quantitative estimate of drug-likeness (QED) is 0.797. The van der Waals surface area contributed by atoms with Gasteiger partial charge in [0.2, 0.25) is 0 Å². The van der Waals surface area contributed by atoms with Gasteiger partial charge in [-0.3, -0.25) is 0 Å². The Bertz CT molecular complexity index is 260. The predicted octanol–water partition coefficient (Wildman–Crippen LogP) is 1.65. The van der Waals surface area contributed by atoms with E-state index in [9.17, 15) is 5.11 Å². The lowest BCUT2D eigenvalue weighted by molar-refractivity contribution is 0.159. The summed E-state index contributed by atoms with van der Waals surface area (Å²) in [4.78, 5) is 1.42. The summed E-state index contributed by atoms with van der Waals surface area (Å²) < 4.78 is 0. The number of hydrogen-bond donors (Lipinski definition) is 2. The van der Waals surface area contributed by atoms with Gasteiger partial charge in [0.25, 0.3) is 0 Å². The molecule has 2 heterocycles. The van der Waals surface area contributed by atoms with Crippen LogP contribution < -0.4 is 5.32 Å². The molecule has 0 saturated carbocycles. The van der Waals surface area contributed by atoms with Crippen LogP contribution in [0.15, 0.2) is 17.5 Å². The molecule has 1 aromatic heterocycles. The van der Waals surface area contributed by atoms with E-state index in [1.54, 1.807) is 0 Å². The molecular formula is C11H17NOS. The summed E-state index contributed by atoms with van der Waals surface area (Å²) in [5.74, 6) is 0.450. The molecule has 2 atom stereocenters. The molecule has 1 saturated heterocycles. The monoisotopic (exact) mass is 211 g/mol. The average Bonchev–Trinajstić information content (AvgIpc) is 2.71. The van der Waals surface area contributed by atoms with Crippen molar-refractivity contribution in [3.05, 3.63) is 22.4 Å². The average molecular weight is 211 g/mol. The highest BCUT2D eigenvalue weighted by atomic mass is 32.1. The standard InChI is InChI=1S/C11H17NOS/c13-8-9-3-1-5-12-11(9)7-10-4-2-6-14-10/h2,4,6,9,11-13H,1,3,5,7-8H2. The van der Waals surface area contributed by atoms with Crippen LogP contribution in [0.25, 0.3) is 0 Å². The molecule has 0 aliphatic carbocycles. The number of aliphatic hydroxyl groups excluding tert-OH is 1. The molecule has 2 rings (SSSR count). The molecule has 0 bridgehead atoms. The molecule has 1 aromatic rings. The predicted molar refractivity (Wildman–Crippen MR) is 59.6 cm³/mol. The highest BCUT2D eigenvalue weighted by Gasteiger charge is 2.24. The van der Waals surface area contributed by atoms with Crippen molar-refractivity contribution in [1.82, 2.24) is 5.32 Å². The Morgan fingerprint density at radius 3 is 3.21 bits per heavy atom. The van der Waals surface area contributed by atoms with Gasteiger partial charge in [0.1, 0.15) is 0 Å². The number of nitrogens with one attached hydrogen (secondary N) is 1. The van der Waals surface area contributed by atoms with Crippen molar-refractivity contribution in [2.24, 2.45) is 5.92 Å². The fraction of sp³-hybridized carbons (Fsp3) is 0.636. The van der Waals surface area contributed by atoms with Gasteiger partial charge in [-0.1, -0.05) is 6.07 Å². The third-order valence-corrected chi connectivity index (χ3v) is 3.86. The summed E-state index contributed by atoms with van der Waals surface area (Å²) in [5, 5.41) is 14.9. The SMILES string of the molecule is OCC1CCCNC1Cc1cccs1. The number of thiophene rings is 1. The Kier molecular flexibility index (Phi) is 3.56. The first-order chi connectivity index (χ1) is 6.90. The second kappa shape index (κ2) is 4.91. The van der Waals surface area contributed by atoms with Gasteiger partial charge in [-0.25, -0.2) is 0 Å². The lowest BCUT2D eigenvalue weighted by atomic mass is 9.89. The minimum atomic E-state index is 0.322. The van der Waals surface area contributed by atoms with Crippen LogP contribution in [0, 0.1) is 5.92 Å². The summed E-state index contributed by atoms with van der Waals surface area (Å²) in [7, 11) is 0. The Morgan fingerprint density at radius 1 is 1.57 bits per heavy atom. The topological polar surface area (TPSA) is 32.3 Å². The molecule has 3 heteroatoms. The summed E-state index contributed by atoms with van der Waals surface area (Å²) in [6.07, 6.45) is 3.44. The van der Waals surface area contributed by atoms with E-state index < -0.39 is 0 Å². The molecule has 0 spiro atoms. The fourth-order valence-corrected chi connectivity index (χ4v) is 2.89. The third kappa shape index (κ3) is 2.35. The van der Waals surface area contributed by atoms with E-state index in [-0.39, 0.29) is 0 Å². The second-order valence-corrected chi connectivity index (χ2v) is 4.96. The first-order valence-electron chi connectivity index (χ1n) is 5.27. The molecule has 2 unspecified atom stereocenters. The van der Waals surface area contributed by atoms with Gasteiger partial charge in [0.15, 0.2) is 0 Å². The normalized spacial score (nSPS) is 27.8. The van der Waals surface area contributed by atoms with E-state index in [1.165, 1.54) is 17.7 Å². The number of piperidine rings is 1. The zero-order valence-corrected chi connectivity index (χ0v) is 9.09. The number of hydrogen-bond acceptors (Lipinski definition) is 3. The van der Waals surface area contributed by atoms with Crippen molar-refractivity contribution in [2.75, 3.05) is 13.2 Å². The fourth-order valence-electron chi connectivity index (χ4n) is 2.12. The molecule has 0 amide bonds. The largest absolute Gasteiger partial charge is 0.396 e. The van der Waals surface area contributed by atoms with Crippen molar-refractivity contribution in [3.8, 4) is 0 Å². The Hall–Kier alpha value is -0.380. The van der Waals surface area contributed by atoms with Crippen molar-refractivity contribution in [2.45, 2.75) is 25.3 Å². The van der Waals surface area contributed by atoms with E-state index in [4.69, 9.17) is 0 Å². The first kappa shape index (κ1) is 10.1. The molecule has 2 nitrogen and oxygen atoms in total. The minimum absolute atomic E-state index is 0.322. The molecule has 0 aromatic carbocycles. The lowest BCUT2D eigenvalue weighted by Gasteiger charge is -2.31. The molecule has 14 heavy (non-hydrogen) atoms. The van der Waals surface area contributed by atoms with Crippen molar-refractivity contribution in [1.29, 1.82) is 0 Å². The first-order valence-corrected chi connectivity index (χ1v) is 6.14. The highest BCUT2D eigenvalue weighted by molar-refractivity contribution is 7.09. The maximum atomic E-state index is 9.25. The van der Waals surface area contributed by atoms with E-state index >= 15 is 0 Å². The van der Waals surface area contributed by atoms with Gasteiger partial charge in [-0.05, 0) is 43.2 Å². The minimum Gasteiger partial charge on any atom is -0.396 e. The smallest absolute Gasteiger partial charge is 0.0474 e. The molecule has 1 fully saturated rings. The van der Waals surface area contributed by atoms with Gasteiger partial charge in [0.05, 0.1) is 0 Å². The van der Waals surface area contributed by atoms with E-state index in [0.29, 0.717) is 18.6 Å². The summed E-state index contributed by atoms with van der Waals surface area (Å²) in [6.45, 7) is 1.43. The highest BCUT2D eigenvalue weighted by Crippen LogP contribution is 2.21. The zero-order chi connectivity index (χ0) is 9.80. The Labute approximate surface area is 89.0 Å². The maximum Gasteiger partial charge on any atom is 0.0474 e. The van der Waals surface area contributed by atoms with Gasteiger partial charge >= 0.3 is 0 Å². The van der Waals surface area contributed by atoms with E-state index in [0.717, 1.165) is 13.0 Å². The molecule has 0 radical (unpaired) electrons. The van der Waals surface area contributed by atoms with Crippen LogP contribution in [0.2, 0.25) is 0 Å². The summed E-state index contributed by atoms with van der Waals surface area (Å²) in [6, 6.07) is 4.75. The van der Waals surface area contributed by atoms with Gasteiger partial charge in [-0.2, -0.15) is 0 Å². The van der Waals surface area contributed by atoms with Crippen LogP contribution >= 0.6 is 11.3 Å². The van der Waals surface area contributed by atoms with Crippen LogP contribution in [0.3, 0.4) is 0 Å². The number of aliphatic hydroxyl groups is 1. The van der Waals surface area contributed by atoms with E-state index in [2.05, 4.69) is 22.8 Å². The van der Waals surface area contributed by atoms with Crippen LogP contribution in [0.5, 0.6) is 0 Å². The van der Waals surface area contributed by atoms with E-state index in [1.807, 2.05) is 11.3 Å². The summed E-state index contributed by atoms with van der Waals surface area (Å²) in [5.41, 5.74) is 0. The van der Waals surface area contributed by atoms with Gasteiger partial charge in [-0.15, -0.1) is 11.3 Å².